The van der Waals surface area contributed by atoms with Gasteiger partial charge in [-0.15, -0.1) is 6.42 Å². The fourth-order valence-corrected chi connectivity index (χ4v) is 5.19. The molecule has 148 valence electrons. The van der Waals surface area contributed by atoms with E-state index in [1.54, 1.807) is 0 Å². The first-order chi connectivity index (χ1) is 12.9. The average Bonchev–Trinajstić information content (AvgIpc) is 2.67. The van der Waals surface area contributed by atoms with Gasteiger partial charge in [0.1, 0.15) is 4.90 Å². The SMILES string of the molecule is C#Cc1cc([N+](=O)[O-])cc(S(=O)(=O)N2CCNCC2)c1N(CCC)CCBr. The molecule has 0 bridgehead atoms. The van der Waals surface area contributed by atoms with Crippen molar-refractivity contribution >= 4 is 37.3 Å². The Kier molecular flexibility index (Phi) is 7.61. The number of nitrogens with one attached hydrogen (secondary N) is 1. The molecule has 0 spiro atoms. The van der Waals surface area contributed by atoms with Gasteiger partial charge >= 0.3 is 0 Å². The lowest BCUT2D eigenvalue weighted by Gasteiger charge is -2.31. The lowest BCUT2D eigenvalue weighted by Crippen LogP contribution is -2.46. The molecule has 2 rings (SSSR count). The Morgan fingerprint density at radius 3 is 2.56 bits per heavy atom. The number of alkyl halides is 1. The number of nitrogens with zero attached hydrogens (tertiary/aromatic N) is 3. The van der Waals surface area contributed by atoms with Crippen molar-refractivity contribution in [1.29, 1.82) is 0 Å². The van der Waals surface area contributed by atoms with Crippen molar-refractivity contribution in [3.05, 3.63) is 27.8 Å². The van der Waals surface area contributed by atoms with E-state index in [0.717, 1.165) is 12.5 Å². The minimum Gasteiger partial charge on any atom is -0.369 e. The number of nitro groups is 1. The fourth-order valence-electron chi connectivity index (χ4n) is 3.06. The molecule has 1 saturated heterocycles. The Morgan fingerprint density at radius 2 is 2.04 bits per heavy atom. The second-order valence-electron chi connectivity index (χ2n) is 6.07. The van der Waals surface area contributed by atoms with Gasteiger partial charge in [-0.05, 0) is 6.42 Å². The third-order valence-electron chi connectivity index (χ3n) is 4.28. The molecule has 0 amide bonds. The summed E-state index contributed by atoms with van der Waals surface area (Å²) in [5, 5.41) is 15.1. The molecule has 1 heterocycles. The van der Waals surface area contributed by atoms with Gasteiger partial charge in [-0.25, -0.2) is 8.42 Å². The molecule has 0 unspecified atom stereocenters. The highest BCUT2D eigenvalue weighted by molar-refractivity contribution is 9.09. The first kappa shape index (κ1) is 21.6. The topological polar surface area (TPSA) is 95.8 Å². The average molecular weight is 459 g/mol. The number of terminal acetylenes is 1. The van der Waals surface area contributed by atoms with Gasteiger partial charge in [-0.3, -0.25) is 10.1 Å². The molecule has 8 nitrogen and oxygen atoms in total. The van der Waals surface area contributed by atoms with Crippen LogP contribution < -0.4 is 10.2 Å². The zero-order chi connectivity index (χ0) is 20.0. The van der Waals surface area contributed by atoms with Crippen molar-refractivity contribution in [3.63, 3.8) is 0 Å². The van der Waals surface area contributed by atoms with Gasteiger partial charge in [-0.2, -0.15) is 4.31 Å². The molecule has 0 radical (unpaired) electrons. The van der Waals surface area contributed by atoms with E-state index in [9.17, 15) is 18.5 Å². The molecule has 27 heavy (non-hydrogen) atoms. The predicted molar refractivity (Wildman–Crippen MR) is 109 cm³/mol. The van der Waals surface area contributed by atoms with E-state index in [1.165, 1.54) is 10.4 Å². The van der Waals surface area contributed by atoms with Gasteiger partial charge in [0.25, 0.3) is 5.69 Å². The van der Waals surface area contributed by atoms with E-state index in [4.69, 9.17) is 6.42 Å². The maximum absolute atomic E-state index is 13.3. The summed E-state index contributed by atoms with van der Waals surface area (Å²) in [5.41, 5.74) is 0.256. The highest BCUT2D eigenvalue weighted by Gasteiger charge is 2.33. The molecule has 1 aliphatic heterocycles. The van der Waals surface area contributed by atoms with Crippen LogP contribution in [0.4, 0.5) is 11.4 Å². The molecule has 10 heteroatoms. The Hall–Kier alpha value is -1.67. The van der Waals surface area contributed by atoms with Crippen LogP contribution in [-0.4, -0.2) is 62.2 Å². The maximum atomic E-state index is 13.3. The van der Waals surface area contributed by atoms with Gasteiger partial charge < -0.3 is 10.2 Å². The van der Waals surface area contributed by atoms with Crippen LogP contribution in [0.25, 0.3) is 0 Å². The number of rotatable bonds is 8. The zero-order valence-electron chi connectivity index (χ0n) is 15.1. The summed E-state index contributed by atoms with van der Waals surface area (Å²) in [4.78, 5) is 12.5. The minimum atomic E-state index is -3.93. The van der Waals surface area contributed by atoms with Gasteiger partial charge in [0.2, 0.25) is 10.0 Å². The van der Waals surface area contributed by atoms with Crippen LogP contribution in [0.3, 0.4) is 0 Å². The number of sulfonamides is 1. The standard InChI is InChI=1S/C17H23BrN4O4S/c1-3-8-20(9-5-18)17-14(4-2)12-15(22(23)24)13-16(17)27(25,26)21-10-6-19-7-11-21/h2,12-13,19H,3,5-11H2,1H3. The number of halogens is 1. The molecule has 1 N–H and O–H groups in total. The molecule has 0 aliphatic carbocycles. The van der Waals surface area contributed by atoms with Crippen LogP contribution >= 0.6 is 15.9 Å². The first-order valence-electron chi connectivity index (χ1n) is 8.67. The molecule has 1 fully saturated rings. The molecular formula is C17H23BrN4O4S. The quantitative estimate of drug-likeness (QED) is 0.276. The van der Waals surface area contributed by atoms with Crippen molar-refractivity contribution in [3.8, 4) is 12.3 Å². The lowest BCUT2D eigenvalue weighted by molar-refractivity contribution is -0.385. The van der Waals surface area contributed by atoms with Crippen LogP contribution in [0.2, 0.25) is 0 Å². The summed E-state index contributed by atoms with van der Waals surface area (Å²) >= 11 is 3.38. The number of anilines is 1. The van der Waals surface area contributed by atoms with Gasteiger partial charge in [-0.1, -0.05) is 28.8 Å². The normalized spacial score (nSPS) is 15.3. The molecule has 1 aromatic rings. The minimum absolute atomic E-state index is 0.0963. The Labute approximate surface area is 168 Å². The van der Waals surface area contributed by atoms with Crippen LogP contribution in [0.1, 0.15) is 18.9 Å². The highest BCUT2D eigenvalue weighted by Crippen LogP contribution is 2.35. The summed E-state index contributed by atoms with van der Waals surface area (Å²) in [7, 11) is -3.93. The van der Waals surface area contributed by atoms with Crippen LogP contribution in [-0.2, 0) is 10.0 Å². The number of hydrogen-bond donors (Lipinski definition) is 1. The number of hydrogen-bond acceptors (Lipinski definition) is 6. The summed E-state index contributed by atoms with van der Waals surface area (Å²) in [6.45, 7) is 4.78. The Bertz CT molecular complexity index is 826. The molecular weight excluding hydrogens is 436 g/mol. The van der Waals surface area contributed by atoms with Gasteiger partial charge in [0, 0.05) is 56.7 Å². The number of benzene rings is 1. The molecule has 0 aromatic heterocycles. The van der Waals surface area contributed by atoms with Crippen molar-refractivity contribution in [1.82, 2.24) is 9.62 Å². The van der Waals surface area contributed by atoms with Gasteiger partial charge in [0.05, 0.1) is 16.2 Å². The Morgan fingerprint density at radius 1 is 1.37 bits per heavy atom. The number of nitro benzene ring substituents is 1. The number of piperazine rings is 1. The number of non-ortho nitro benzene ring substituents is 1. The van der Waals surface area contributed by atoms with Crippen molar-refractivity contribution in [2.45, 2.75) is 18.2 Å². The predicted octanol–water partition coefficient (Wildman–Crippen LogP) is 1.78. The second kappa shape index (κ2) is 9.50. The van der Waals surface area contributed by atoms with Crippen molar-refractivity contribution in [2.24, 2.45) is 0 Å². The largest absolute Gasteiger partial charge is 0.369 e. The van der Waals surface area contributed by atoms with E-state index in [1.807, 2.05) is 11.8 Å². The maximum Gasteiger partial charge on any atom is 0.272 e. The van der Waals surface area contributed by atoms with Crippen molar-refractivity contribution < 1.29 is 13.3 Å². The fraction of sp³-hybridized carbons (Fsp3) is 0.529. The summed E-state index contributed by atoms with van der Waals surface area (Å²) in [5.74, 6) is 2.45. The first-order valence-corrected chi connectivity index (χ1v) is 11.2. The van der Waals surface area contributed by atoms with Gasteiger partial charge in [0.15, 0.2) is 0 Å². The molecule has 0 saturated carbocycles. The molecule has 1 aromatic carbocycles. The van der Waals surface area contributed by atoms with E-state index in [2.05, 4.69) is 27.2 Å². The lowest BCUT2D eigenvalue weighted by atomic mass is 10.1. The highest BCUT2D eigenvalue weighted by atomic mass is 79.9. The van der Waals surface area contributed by atoms with Crippen LogP contribution in [0, 0.1) is 22.5 Å². The summed E-state index contributed by atoms with van der Waals surface area (Å²) in [6, 6.07) is 2.40. The van der Waals surface area contributed by atoms with Crippen LogP contribution in [0.15, 0.2) is 17.0 Å². The summed E-state index contributed by atoms with van der Waals surface area (Å²) in [6.07, 6.45) is 6.39. The van der Waals surface area contributed by atoms with Crippen molar-refractivity contribution in [2.75, 3.05) is 49.5 Å². The van der Waals surface area contributed by atoms with E-state index < -0.39 is 14.9 Å². The Balaban J connectivity index is 2.73. The third-order valence-corrected chi connectivity index (χ3v) is 6.55. The zero-order valence-corrected chi connectivity index (χ0v) is 17.6. The second-order valence-corrected chi connectivity index (χ2v) is 8.77. The smallest absolute Gasteiger partial charge is 0.272 e. The molecule has 1 aliphatic rings. The van der Waals surface area contributed by atoms with E-state index in [-0.39, 0.29) is 16.1 Å². The summed E-state index contributed by atoms with van der Waals surface area (Å²) < 4.78 is 28.0. The molecule has 0 atom stereocenters. The van der Waals surface area contributed by atoms with Crippen LogP contribution in [0.5, 0.6) is 0 Å². The monoisotopic (exact) mass is 458 g/mol. The van der Waals surface area contributed by atoms with E-state index >= 15 is 0 Å². The third kappa shape index (κ3) is 4.79. The van der Waals surface area contributed by atoms with E-state index in [0.29, 0.717) is 50.3 Å².